The van der Waals surface area contributed by atoms with E-state index in [2.05, 4.69) is 47.8 Å². The first-order chi connectivity index (χ1) is 40.8. The second kappa shape index (κ2) is 29.1. The van der Waals surface area contributed by atoms with Gasteiger partial charge in [0.25, 0.3) is 0 Å². The number of ketones is 4. The smallest absolute Gasteiger partial charge is 0.340 e. The minimum absolute atomic E-state index is 0.0211. The summed E-state index contributed by atoms with van der Waals surface area (Å²) in [6.45, 7) is 15.3. The van der Waals surface area contributed by atoms with Gasteiger partial charge in [-0.3, -0.25) is 19.2 Å². The van der Waals surface area contributed by atoms with Gasteiger partial charge in [0.1, 0.15) is 11.4 Å². The number of benzene rings is 8. The number of Topliss-reactive ketones (excluding diaryl/α,β-unsaturated/α-hetero) is 2. The third-order valence-corrected chi connectivity index (χ3v) is 17.3. The van der Waals surface area contributed by atoms with Crippen molar-refractivity contribution in [2.24, 2.45) is 15.7 Å². The lowest BCUT2D eigenvalue weighted by Gasteiger charge is -2.14. The Hall–Kier alpha value is -8.14. The van der Waals surface area contributed by atoms with E-state index < -0.39 is 17.4 Å². The van der Waals surface area contributed by atoms with E-state index in [1.165, 1.54) is 34.7 Å². The number of thioether (sulfide) groups is 2. The maximum atomic E-state index is 13.8. The lowest BCUT2D eigenvalue weighted by molar-refractivity contribution is -0.153. The Labute approximate surface area is 513 Å². The van der Waals surface area contributed by atoms with Crippen LogP contribution in [-0.4, -0.2) is 62.6 Å². The number of rotatable bonds is 21. The molecule has 432 valence electrons. The molecule has 0 aliphatic rings. The summed E-state index contributed by atoms with van der Waals surface area (Å²) >= 11 is 10.7. The van der Waals surface area contributed by atoms with Crippen molar-refractivity contribution in [1.82, 2.24) is 4.57 Å². The van der Waals surface area contributed by atoms with Gasteiger partial charge in [-0.2, -0.15) is 0 Å². The highest BCUT2D eigenvalue weighted by Crippen LogP contribution is 2.34. The fraction of sp³-hybridized carbons (Fsp3) is 0.200. The predicted molar refractivity (Wildman–Crippen MR) is 346 cm³/mol. The topological polar surface area (TPSA) is 151 Å². The van der Waals surface area contributed by atoms with Gasteiger partial charge >= 0.3 is 11.9 Å². The standard InChI is InChI=1S/C36H34N2O4S.C34H30ClNO4S2/c1-6-38-32-16-14-26(34(40)28-13-8-7-10-22(28)2)20-29(32)30-21-27(15-17-33(30)38)35(41)31(37-42-25(5)39)18-19-43-36-23(3)11-9-12-24(36)4;1-34(2,3)33(39)40-36-30(21-22-41-27-19-13-26(35)14-20-27)32(38)25-11-17-29(18-12-25)42-28-15-9-24(10-16-28)31(37)23-7-5-4-6-8-23/h7-17,20-21H,6,18-19H2,1-5H3;4-20H,21-22H2,1-3H3/b37-31+;36-30+. The fourth-order valence-corrected chi connectivity index (χ4v) is 12.0. The highest BCUT2D eigenvalue weighted by molar-refractivity contribution is 7.99. The van der Waals surface area contributed by atoms with Crippen LogP contribution in [0.25, 0.3) is 21.8 Å². The van der Waals surface area contributed by atoms with Crippen molar-refractivity contribution >= 4 is 115 Å². The number of halogens is 1. The zero-order valence-corrected chi connectivity index (χ0v) is 51.8. The number of aromatic nitrogens is 1. The molecule has 1 heterocycles. The van der Waals surface area contributed by atoms with Crippen LogP contribution < -0.4 is 0 Å². The molecule has 0 saturated heterocycles. The molecule has 15 heteroatoms. The molecule has 11 nitrogen and oxygen atoms in total. The molecule has 0 aliphatic carbocycles. The molecule has 0 N–H and O–H groups in total. The maximum absolute atomic E-state index is 13.8. The van der Waals surface area contributed by atoms with E-state index >= 15 is 0 Å². The Morgan fingerprint density at radius 3 is 1.56 bits per heavy atom. The molecule has 9 aromatic rings. The molecule has 0 saturated carbocycles. The van der Waals surface area contributed by atoms with Crippen molar-refractivity contribution in [3.05, 3.63) is 237 Å². The first-order valence-electron chi connectivity index (χ1n) is 27.6. The monoisotopic (exact) mass is 1210 g/mol. The molecule has 0 aliphatic heterocycles. The quantitative estimate of drug-likeness (QED) is 0.0222. The number of carbonyl (C=O) groups is 6. The number of nitrogens with zero attached hydrogens (tertiary/aromatic N) is 3. The summed E-state index contributed by atoms with van der Waals surface area (Å²) in [7, 11) is 0. The zero-order valence-electron chi connectivity index (χ0n) is 48.6. The van der Waals surface area contributed by atoms with Gasteiger partial charge in [0, 0.05) is 118 Å². The Kier molecular flexibility index (Phi) is 21.5. The van der Waals surface area contributed by atoms with Crippen molar-refractivity contribution in [3.8, 4) is 0 Å². The van der Waals surface area contributed by atoms with Gasteiger partial charge in [0.15, 0.2) is 11.6 Å². The highest BCUT2D eigenvalue weighted by atomic mass is 35.5. The van der Waals surface area contributed by atoms with Gasteiger partial charge in [0.2, 0.25) is 11.6 Å². The molecule has 0 fully saturated rings. The highest BCUT2D eigenvalue weighted by Gasteiger charge is 2.26. The second-order valence-corrected chi connectivity index (χ2v) is 24.9. The van der Waals surface area contributed by atoms with Crippen LogP contribution in [0.5, 0.6) is 0 Å². The molecule has 1 aromatic heterocycles. The van der Waals surface area contributed by atoms with E-state index in [0.717, 1.165) is 48.6 Å². The second-order valence-electron chi connectivity index (χ2n) is 21.0. The van der Waals surface area contributed by atoms with E-state index in [0.29, 0.717) is 62.8 Å². The van der Waals surface area contributed by atoms with Crippen LogP contribution in [0.3, 0.4) is 0 Å². The number of aryl methyl sites for hydroxylation is 4. The average Bonchev–Trinajstić information content (AvgIpc) is 2.26. The summed E-state index contributed by atoms with van der Waals surface area (Å²) in [6.07, 6.45) is 0.641. The summed E-state index contributed by atoms with van der Waals surface area (Å²) < 4.78 is 2.18. The molecule has 0 radical (unpaired) electrons. The first kappa shape index (κ1) is 62.9. The van der Waals surface area contributed by atoms with Crippen molar-refractivity contribution in [3.63, 3.8) is 0 Å². The van der Waals surface area contributed by atoms with Crippen LogP contribution in [0.15, 0.2) is 212 Å². The first-order valence-corrected chi connectivity index (χ1v) is 30.8. The average molecular weight is 1210 g/mol. The molecule has 9 rings (SSSR count). The Bertz CT molecular complexity index is 3980. The normalized spacial score (nSPS) is 11.7. The SMILES string of the molecule is CC(C)(C)C(=O)O/N=C(\CCSc1ccc(Cl)cc1)C(=O)c1ccc(Sc2ccc(C(=O)c3ccccc3)cc2)cc1.CCn1c2ccc(C(=O)/C(CCSc3c(C)cccc3C)=N/OC(C)=O)cc2c2cc(C(=O)c3ccccc3C)ccc21. The Morgan fingerprint density at radius 2 is 0.988 bits per heavy atom. The van der Waals surface area contributed by atoms with E-state index in [9.17, 15) is 28.8 Å². The number of hydrogen-bond donors (Lipinski definition) is 0. The fourth-order valence-electron chi connectivity index (χ4n) is 9.11. The van der Waals surface area contributed by atoms with Gasteiger partial charge < -0.3 is 14.2 Å². The summed E-state index contributed by atoms with van der Waals surface area (Å²) in [4.78, 5) is 91.4. The lowest BCUT2D eigenvalue weighted by Crippen LogP contribution is -2.23. The molecular weight excluding hydrogens is 1140 g/mol. The lowest BCUT2D eigenvalue weighted by atomic mass is 9.97. The molecular formula is C70H64ClN3O8S3. The van der Waals surface area contributed by atoms with Crippen molar-refractivity contribution < 1.29 is 38.4 Å². The minimum Gasteiger partial charge on any atom is -0.341 e. The minimum atomic E-state index is -0.748. The summed E-state index contributed by atoms with van der Waals surface area (Å²) in [5.41, 5.74) is 8.27. The van der Waals surface area contributed by atoms with Gasteiger partial charge in [-0.1, -0.05) is 106 Å². The van der Waals surface area contributed by atoms with E-state index in [-0.39, 0.29) is 34.6 Å². The van der Waals surface area contributed by atoms with Gasteiger partial charge in [-0.05, 0) is 174 Å². The molecule has 0 bridgehead atoms. The van der Waals surface area contributed by atoms with E-state index in [1.54, 1.807) is 74.6 Å². The van der Waals surface area contributed by atoms with Crippen LogP contribution in [0, 0.1) is 26.2 Å². The Morgan fingerprint density at radius 1 is 0.506 bits per heavy atom. The number of hydrogen-bond acceptors (Lipinski definition) is 13. The van der Waals surface area contributed by atoms with E-state index in [1.807, 2.05) is 146 Å². The number of oxime groups is 2. The van der Waals surface area contributed by atoms with E-state index in [4.69, 9.17) is 21.3 Å². The molecule has 8 aromatic carbocycles. The van der Waals surface area contributed by atoms with Gasteiger partial charge in [-0.15, -0.1) is 23.5 Å². The summed E-state index contributed by atoms with van der Waals surface area (Å²) in [5.74, 6) is -0.589. The van der Waals surface area contributed by atoms with Gasteiger partial charge in [0.05, 0.1) is 5.41 Å². The maximum Gasteiger partial charge on any atom is 0.340 e. The molecule has 85 heavy (non-hydrogen) atoms. The molecule has 0 atom stereocenters. The summed E-state index contributed by atoms with van der Waals surface area (Å²) in [5, 5.41) is 10.4. The van der Waals surface area contributed by atoms with Crippen LogP contribution >= 0.6 is 46.9 Å². The third-order valence-electron chi connectivity index (χ3n) is 13.7. The van der Waals surface area contributed by atoms with Crippen LogP contribution in [0.1, 0.15) is 117 Å². The molecule has 0 spiro atoms. The largest absolute Gasteiger partial charge is 0.341 e. The van der Waals surface area contributed by atoms with Crippen molar-refractivity contribution in [2.45, 2.75) is 94.4 Å². The Balaban J connectivity index is 0.000000221. The zero-order chi connectivity index (χ0) is 60.8. The number of fused-ring (bicyclic) bond motifs is 3. The van der Waals surface area contributed by atoms with Crippen molar-refractivity contribution in [1.29, 1.82) is 0 Å². The third kappa shape index (κ3) is 16.4. The van der Waals surface area contributed by atoms with Crippen LogP contribution in [0.4, 0.5) is 0 Å². The molecule has 0 unspecified atom stereocenters. The predicted octanol–water partition coefficient (Wildman–Crippen LogP) is 17.3. The van der Waals surface area contributed by atoms with Gasteiger partial charge in [-0.25, -0.2) is 9.59 Å². The number of carbonyl (C=O) groups excluding carboxylic acids is 6. The molecule has 0 amide bonds. The van der Waals surface area contributed by atoms with Crippen LogP contribution in [0.2, 0.25) is 5.02 Å². The van der Waals surface area contributed by atoms with Crippen molar-refractivity contribution in [2.75, 3.05) is 11.5 Å². The van der Waals surface area contributed by atoms with Crippen LogP contribution in [-0.2, 0) is 25.8 Å². The summed E-state index contributed by atoms with van der Waals surface area (Å²) in [6, 6.07) is 56.4.